The molecule has 5 aliphatic rings. The number of hydrogen-bond acceptors (Lipinski definition) is 8. The van der Waals surface area contributed by atoms with Crippen molar-refractivity contribution in [3.63, 3.8) is 0 Å². The van der Waals surface area contributed by atoms with Crippen molar-refractivity contribution < 1.29 is 29.0 Å². The second-order valence-corrected chi connectivity index (χ2v) is 14.2. The van der Waals surface area contributed by atoms with Gasteiger partial charge in [-0.25, -0.2) is 9.59 Å². The van der Waals surface area contributed by atoms with E-state index in [0.717, 1.165) is 85.6 Å². The molecule has 12 heteroatoms. The van der Waals surface area contributed by atoms with E-state index in [0.29, 0.717) is 58.2 Å². The highest BCUT2D eigenvalue weighted by Crippen LogP contribution is 2.33. The number of ether oxygens (including phenoxy) is 2. The van der Waals surface area contributed by atoms with Crippen molar-refractivity contribution >= 4 is 29.4 Å². The Hall–Kier alpha value is -4.03. The molecule has 0 unspecified atom stereocenters. The van der Waals surface area contributed by atoms with E-state index >= 15 is 0 Å². The van der Waals surface area contributed by atoms with Crippen molar-refractivity contribution in [2.24, 2.45) is 0 Å². The van der Waals surface area contributed by atoms with Crippen molar-refractivity contribution in [2.75, 3.05) is 69.6 Å². The van der Waals surface area contributed by atoms with Gasteiger partial charge in [0, 0.05) is 76.5 Å². The van der Waals surface area contributed by atoms with E-state index in [1.165, 1.54) is 0 Å². The number of nitrogens with one attached hydrogen (secondary N) is 2. The van der Waals surface area contributed by atoms with Crippen molar-refractivity contribution in [3.8, 4) is 5.75 Å². The fraction of sp³-hybridized carbons (Fsp3) is 0.595. The van der Waals surface area contributed by atoms with Gasteiger partial charge in [0.15, 0.2) is 6.10 Å². The second kappa shape index (κ2) is 14.8. The number of aliphatic hydroxyl groups excluding tert-OH is 1. The van der Waals surface area contributed by atoms with E-state index in [9.17, 15) is 19.5 Å². The van der Waals surface area contributed by atoms with Crippen LogP contribution in [0, 0.1) is 6.92 Å². The summed E-state index contributed by atoms with van der Waals surface area (Å²) >= 11 is 0. The fourth-order valence-corrected chi connectivity index (χ4v) is 8.22. The van der Waals surface area contributed by atoms with Crippen LogP contribution >= 0.6 is 0 Å². The Morgan fingerprint density at radius 1 is 0.939 bits per heavy atom. The Balaban J connectivity index is 0.998. The first-order chi connectivity index (χ1) is 23.8. The molecule has 0 aliphatic carbocycles. The lowest BCUT2D eigenvalue weighted by Crippen LogP contribution is -2.53. The number of benzene rings is 2. The zero-order valence-electron chi connectivity index (χ0n) is 28.6. The molecule has 0 spiro atoms. The first-order valence-corrected chi connectivity index (χ1v) is 18.1. The van der Waals surface area contributed by atoms with E-state index < -0.39 is 12.2 Å². The second-order valence-electron chi connectivity index (χ2n) is 14.2. The normalized spacial score (nSPS) is 21.8. The minimum atomic E-state index is -0.962. The van der Waals surface area contributed by atoms with Crippen LogP contribution in [0.15, 0.2) is 36.4 Å². The minimum Gasteiger partial charge on any atom is -0.490 e. The highest BCUT2D eigenvalue weighted by atomic mass is 16.6. The number of piperidine rings is 3. The van der Waals surface area contributed by atoms with Crippen molar-refractivity contribution in [1.82, 2.24) is 19.6 Å². The smallest absolute Gasteiger partial charge is 0.410 e. The number of para-hydroxylation sites is 1. The summed E-state index contributed by atoms with van der Waals surface area (Å²) in [6, 6.07) is 12.2. The molecular formula is C37H50N6O6. The van der Waals surface area contributed by atoms with Gasteiger partial charge < -0.3 is 44.8 Å². The number of amides is 4. The summed E-state index contributed by atoms with van der Waals surface area (Å²) < 4.78 is 12.0. The van der Waals surface area contributed by atoms with Gasteiger partial charge in [-0.3, -0.25) is 4.79 Å². The summed E-state index contributed by atoms with van der Waals surface area (Å²) in [6.45, 7) is 7.87. The van der Waals surface area contributed by atoms with Crippen LogP contribution in [-0.4, -0.2) is 126 Å². The SMILES string of the molecule is Cc1cc(C[C@@H](OC(=O)N2CCC(N3CCc4ccccc4NC3=O)CC2)C(=O)N2CCC(N3CCC(O)CC3)CC2)cc2c1NCCO2. The lowest BCUT2D eigenvalue weighted by Gasteiger charge is -2.41. The lowest BCUT2D eigenvalue weighted by molar-refractivity contribution is -0.142. The molecule has 0 saturated carbocycles. The molecule has 7 rings (SSSR count). The Morgan fingerprint density at radius 3 is 2.43 bits per heavy atom. The number of aryl methyl sites for hydroxylation is 1. The molecule has 2 aromatic carbocycles. The molecule has 49 heavy (non-hydrogen) atoms. The summed E-state index contributed by atoms with van der Waals surface area (Å²) in [7, 11) is 0. The Labute approximate surface area is 288 Å². The van der Waals surface area contributed by atoms with E-state index in [4.69, 9.17) is 9.47 Å². The molecule has 12 nitrogen and oxygen atoms in total. The fourth-order valence-electron chi connectivity index (χ4n) is 8.22. The van der Waals surface area contributed by atoms with Gasteiger partial charge in [-0.1, -0.05) is 24.3 Å². The van der Waals surface area contributed by atoms with Crippen LogP contribution in [0.4, 0.5) is 21.0 Å². The average Bonchev–Trinajstić information content (AvgIpc) is 3.29. The standard InChI is InChI=1S/C37H50N6O6/c1-25-22-26(23-32-34(25)38-13-21-48-32)24-33(35(45)41-14-7-28(8-15-41)40-18-11-30(44)12-19-40)49-37(47)42-16-9-29(10-17-42)43-20-6-27-4-2-3-5-31(27)39-36(43)46/h2-5,22-23,28-30,33,38,44H,6-21,24H2,1H3,(H,39,46)/t33-/m1/s1. The number of rotatable bonds is 6. The van der Waals surface area contributed by atoms with Crippen LogP contribution in [0.1, 0.15) is 55.2 Å². The monoisotopic (exact) mass is 674 g/mol. The zero-order valence-corrected chi connectivity index (χ0v) is 28.6. The van der Waals surface area contributed by atoms with Gasteiger partial charge in [0.1, 0.15) is 12.4 Å². The van der Waals surface area contributed by atoms with Crippen LogP contribution in [0.3, 0.4) is 0 Å². The number of fused-ring (bicyclic) bond motifs is 2. The van der Waals surface area contributed by atoms with Gasteiger partial charge in [-0.05, 0) is 80.7 Å². The third-order valence-corrected chi connectivity index (χ3v) is 11.1. The number of likely N-dealkylation sites (tertiary alicyclic amines) is 3. The molecule has 0 bridgehead atoms. The highest BCUT2D eigenvalue weighted by molar-refractivity contribution is 5.91. The van der Waals surface area contributed by atoms with Gasteiger partial charge in [0.25, 0.3) is 5.91 Å². The maximum Gasteiger partial charge on any atom is 0.410 e. The van der Waals surface area contributed by atoms with Gasteiger partial charge in [0.2, 0.25) is 0 Å². The summed E-state index contributed by atoms with van der Waals surface area (Å²) in [5, 5.41) is 16.4. The Kier molecular flexibility index (Phi) is 10.1. The lowest BCUT2D eigenvalue weighted by atomic mass is 9.97. The third kappa shape index (κ3) is 7.60. The molecule has 0 aromatic heterocycles. The number of carbonyl (C=O) groups is 3. The topological polar surface area (TPSA) is 127 Å². The molecule has 1 atom stereocenters. The van der Waals surface area contributed by atoms with Crippen molar-refractivity contribution in [2.45, 2.75) is 82.6 Å². The number of carbonyl (C=O) groups excluding carboxylic acids is 3. The Morgan fingerprint density at radius 2 is 1.65 bits per heavy atom. The molecule has 0 radical (unpaired) electrons. The number of hydrogen-bond donors (Lipinski definition) is 3. The third-order valence-electron chi connectivity index (χ3n) is 11.1. The minimum absolute atomic E-state index is 0.0207. The summed E-state index contributed by atoms with van der Waals surface area (Å²) in [4.78, 5) is 48.8. The van der Waals surface area contributed by atoms with E-state index in [-0.39, 0.29) is 30.5 Å². The number of anilines is 2. The summed E-state index contributed by atoms with van der Waals surface area (Å²) in [6.07, 6.45) is 4.00. The molecule has 264 valence electrons. The average molecular weight is 675 g/mol. The van der Waals surface area contributed by atoms with Gasteiger partial charge in [-0.15, -0.1) is 0 Å². The van der Waals surface area contributed by atoms with Crippen LogP contribution in [-0.2, 0) is 22.4 Å². The molecule has 4 amide bonds. The highest BCUT2D eigenvalue weighted by Gasteiger charge is 2.37. The molecule has 5 heterocycles. The summed E-state index contributed by atoms with van der Waals surface area (Å²) in [5.41, 5.74) is 4.87. The van der Waals surface area contributed by atoms with Crippen LogP contribution in [0.25, 0.3) is 0 Å². The maximum atomic E-state index is 14.1. The first-order valence-electron chi connectivity index (χ1n) is 18.1. The van der Waals surface area contributed by atoms with Gasteiger partial charge >= 0.3 is 12.1 Å². The van der Waals surface area contributed by atoms with Gasteiger partial charge in [-0.2, -0.15) is 0 Å². The van der Waals surface area contributed by atoms with Crippen molar-refractivity contribution in [3.05, 3.63) is 53.1 Å². The first kappa shape index (κ1) is 33.5. The van der Waals surface area contributed by atoms with Crippen LogP contribution in [0.5, 0.6) is 5.75 Å². The molecule has 2 aromatic rings. The quantitative estimate of drug-likeness (QED) is 0.422. The van der Waals surface area contributed by atoms with Crippen LogP contribution < -0.4 is 15.4 Å². The molecule has 3 N–H and O–H groups in total. The zero-order chi connectivity index (χ0) is 33.9. The van der Waals surface area contributed by atoms with E-state index in [1.807, 2.05) is 53.1 Å². The molecule has 5 aliphatic heterocycles. The number of nitrogens with zero attached hydrogens (tertiary/aromatic N) is 4. The van der Waals surface area contributed by atoms with Crippen molar-refractivity contribution in [1.29, 1.82) is 0 Å². The van der Waals surface area contributed by atoms with Crippen LogP contribution in [0.2, 0.25) is 0 Å². The van der Waals surface area contributed by atoms with Gasteiger partial charge in [0.05, 0.1) is 11.8 Å². The molecule has 3 fully saturated rings. The number of urea groups is 1. The Bertz CT molecular complexity index is 1510. The predicted molar refractivity (Wildman–Crippen MR) is 186 cm³/mol. The summed E-state index contributed by atoms with van der Waals surface area (Å²) in [5.74, 6) is 0.597. The van der Waals surface area contributed by atoms with E-state index in [2.05, 4.69) is 15.5 Å². The maximum absolute atomic E-state index is 14.1. The number of aliphatic hydroxyl groups is 1. The molecule has 3 saturated heterocycles. The predicted octanol–water partition coefficient (Wildman–Crippen LogP) is 3.85. The molecular weight excluding hydrogens is 624 g/mol. The largest absolute Gasteiger partial charge is 0.490 e. The van der Waals surface area contributed by atoms with E-state index in [1.54, 1.807) is 4.90 Å².